The van der Waals surface area contributed by atoms with Crippen LogP contribution in [-0.4, -0.2) is 68.5 Å². The lowest BCUT2D eigenvalue weighted by molar-refractivity contribution is -0.870. The van der Waals surface area contributed by atoms with Crippen LogP contribution >= 0.6 is 7.82 Å². The molecule has 0 radical (unpaired) electrons. The Kier molecular flexibility index (Phi) is 48.1. The maximum Gasteiger partial charge on any atom is 0.268 e. The van der Waals surface area contributed by atoms with Crippen LogP contribution in [0.25, 0.3) is 0 Å². The normalized spacial score (nSPS) is 13.9. The number of carbonyl (C=O) groups excluding carboxylic acids is 1. The van der Waals surface area contributed by atoms with Gasteiger partial charge in [-0.25, -0.2) is 0 Å². The average Bonchev–Trinajstić information content (AvgIpc) is 3.26. The van der Waals surface area contributed by atoms with Gasteiger partial charge in [-0.3, -0.25) is 9.36 Å². The standard InChI is InChI=1S/C56H115N2O6P/c1-6-8-10-12-14-15-16-17-18-19-20-21-22-23-24-25-26-27-28-29-30-31-32-33-34-35-36-37-38-39-40-41-42-43-44-46-48-50-56(60)57-54(55(59)49-47-45-13-11-9-7-2)53-64-65(61,62)63-52-51-58(3,4)5/h54-55,59H,6-53H2,1-5H3,(H-,57,60,61,62). The van der Waals surface area contributed by atoms with Crippen LogP contribution in [0.1, 0.15) is 303 Å². The molecular formula is C56H115N2O6P. The molecule has 0 saturated heterocycles. The number of rotatable bonds is 54. The third kappa shape index (κ3) is 51.2. The Hall–Kier alpha value is -0.500. The molecule has 0 rings (SSSR count). The number of likely N-dealkylation sites (N-methyl/N-ethyl adjacent to an activating group) is 1. The first-order valence-corrected chi connectivity index (χ1v) is 30.3. The Bertz CT molecular complexity index is 1030. The molecule has 0 bridgehead atoms. The van der Waals surface area contributed by atoms with Crippen LogP contribution in [0.15, 0.2) is 0 Å². The van der Waals surface area contributed by atoms with E-state index in [1.54, 1.807) is 0 Å². The third-order valence-corrected chi connectivity index (χ3v) is 14.6. The SMILES string of the molecule is CCCCCCCCCCCCCCCCCCCCCCCCCCCCCCCCCCCCCCCC(=O)NC(COP(=O)([O-])OCC[N+](C)(C)C)C(O)CCCCCCCC. The van der Waals surface area contributed by atoms with Crippen molar-refractivity contribution in [3.05, 3.63) is 0 Å². The summed E-state index contributed by atoms with van der Waals surface area (Å²) in [6, 6.07) is -0.791. The fraction of sp³-hybridized carbons (Fsp3) is 0.982. The van der Waals surface area contributed by atoms with Gasteiger partial charge in [-0.15, -0.1) is 0 Å². The maximum absolute atomic E-state index is 12.8. The number of nitrogens with zero attached hydrogens (tertiary/aromatic N) is 1. The second-order valence-corrected chi connectivity index (χ2v) is 22.8. The van der Waals surface area contributed by atoms with Crippen LogP contribution < -0.4 is 10.2 Å². The van der Waals surface area contributed by atoms with E-state index < -0.39 is 20.0 Å². The maximum atomic E-state index is 12.8. The van der Waals surface area contributed by atoms with Gasteiger partial charge < -0.3 is 28.8 Å². The molecule has 2 N–H and O–H groups in total. The minimum Gasteiger partial charge on any atom is -0.756 e. The van der Waals surface area contributed by atoms with Crippen LogP contribution in [0.3, 0.4) is 0 Å². The molecule has 65 heavy (non-hydrogen) atoms. The lowest BCUT2D eigenvalue weighted by atomic mass is 10.0. The number of phosphoric acid groups is 1. The van der Waals surface area contributed by atoms with Crippen molar-refractivity contribution in [3.63, 3.8) is 0 Å². The zero-order chi connectivity index (χ0) is 47.8. The van der Waals surface area contributed by atoms with E-state index >= 15 is 0 Å². The fourth-order valence-corrected chi connectivity index (χ4v) is 9.77. The summed E-state index contributed by atoms with van der Waals surface area (Å²) in [4.78, 5) is 25.2. The largest absolute Gasteiger partial charge is 0.756 e. The predicted octanol–water partition coefficient (Wildman–Crippen LogP) is 16.6. The molecule has 1 amide bonds. The minimum atomic E-state index is -4.55. The molecule has 0 aromatic carbocycles. The summed E-state index contributed by atoms with van der Waals surface area (Å²) in [5, 5.41) is 13.8. The number of hydrogen-bond donors (Lipinski definition) is 2. The van der Waals surface area contributed by atoms with Crippen molar-refractivity contribution in [2.24, 2.45) is 0 Å². The van der Waals surface area contributed by atoms with E-state index in [2.05, 4.69) is 19.2 Å². The molecule has 0 fully saturated rings. The quantitative estimate of drug-likeness (QED) is 0.0357. The van der Waals surface area contributed by atoms with Crippen molar-refractivity contribution in [2.45, 2.75) is 315 Å². The van der Waals surface area contributed by atoms with Gasteiger partial charge in [0, 0.05) is 6.42 Å². The number of hydrogen-bond acceptors (Lipinski definition) is 6. The van der Waals surface area contributed by atoms with Crippen molar-refractivity contribution in [3.8, 4) is 0 Å². The number of unbranched alkanes of at least 4 members (excludes halogenated alkanes) is 41. The molecule has 0 aliphatic rings. The molecule has 8 nitrogen and oxygen atoms in total. The topological polar surface area (TPSA) is 108 Å². The smallest absolute Gasteiger partial charge is 0.268 e. The molecule has 0 aliphatic heterocycles. The summed E-state index contributed by atoms with van der Waals surface area (Å²) in [6.07, 6.45) is 57.9. The monoisotopic (exact) mass is 943 g/mol. The van der Waals surface area contributed by atoms with Crippen LogP contribution in [-0.2, 0) is 18.4 Å². The van der Waals surface area contributed by atoms with Gasteiger partial charge in [0.05, 0.1) is 39.9 Å². The zero-order valence-corrected chi connectivity index (χ0v) is 45.4. The molecule has 0 saturated carbocycles. The molecule has 0 aromatic rings. The second kappa shape index (κ2) is 48.5. The van der Waals surface area contributed by atoms with Crippen molar-refractivity contribution in [1.29, 1.82) is 0 Å². The Labute approximate surface area is 406 Å². The van der Waals surface area contributed by atoms with Crippen LogP contribution in [0, 0.1) is 0 Å². The van der Waals surface area contributed by atoms with E-state index in [1.807, 2.05) is 21.1 Å². The fourth-order valence-electron chi connectivity index (χ4n) is 9.04. The van der Waals surface area contributed by atoms with E-state index in [0.29, 0.717) is 23.9 Å². The first-order chi connectivity index (χ1) is 31.5. The number of amides is 1. The van der Waals surface area contributed by atoms with Gasteiger partial charge in [0.2, 0.25) is 5.91 Å². The van der Waals surface area contributed by atoms with Gasteiger partial charge in [0.1, 0.15) is 13.2 Å². The van der Waals surface area contributed by atoms with Crippen LogP contribution in [0.4, 0.5) is 0 Å². The number of aliphatic hydroxyl groups excluding tert-OH is 1. The highest BCUT2D eigenvalue weighted by molar-refractivity contribution is 7.45. The van der Waals surface area contributed by atoms with Gasteiger partial charge in [-0.2, -0.15) is 0 Å². The second-order valence-electron chi connectivity index (χ2n) is 21.4. The Balaban J connectivity index is 3.67. The summed E-state index contributed by atoms with van der Waals surface area (Å²) in [6.45, 7) is 4.69. The number of phosphoric ester groups is 1. The molecular weight excluding hydrogens is 828 g/mol. The number of nitrogens with one attached hydrogen (secondary N) is 1. The predicted molar refractivity (Wildman–Crippen MR) is 279 cm³/mol. The number of quaternary nitrogens is 1. The summed E-state index contributed by atoms with van der Waals surface area (Å²) < 4.78 is 23.2. The Morgan fingerprint density at radius 2 is 0.754 bits per heavy atom. The molecule has 390 valence electrons. The van der Waals surface area contributed by atoms with Crippen molar-refractivity contribution < 1.29 is 32.9 Å². The van der Waals surface area contributed by atoms with Gasteiger partial charge in [0.25, 0.3) is 7.82 Å². The average molecular weight is 944 g/mol. The highest BCUT2D eigenvalue weighted by Crippen LogP contribution is 2.38. The van der Waals surface area contributed by atoms with E-state index in [4.69, 9.17) is 9.05 Å². The number of carbonyl (C=O) groups is 1. The van der Waals surface area contributed by atoms with Gasteiger partial charge >= 0.3 is 0 Å². The summed E-state index contributed by atoms with van der Waals surface area (Å²) >= 11 is 0. The molecule has 0 aliphatic carbocycles. The summed E-state index contributed by atoms with van der Waals surface area (Å²) in [5.74, 6) is -0.163. The van der Waals surface area contributed by atoms with Crippen molar-refractivity contribution in [1.82, 2.24) is 5.32 Å². The van der Waals surface area contributed by atoms with Gasteiger partial charge in [-0.1, -0.05) is 284 Å². The van der Waals surface area contributed by atoms with Crippen molar-refractivity contribution in [2.75, 3.05) is 40.9 Å². The molecule has 0 heterocycles. The summed E-state index contributed by atoms with van der Waals surface area (Å²) in [7, 11) is 1.32. The lowest BCUT2D eigenvalue weighted by Crippen LogP contribution is -2.46. The minimum absolute atomic E-state index is 0.0153. The van der Waals surface area contributed by atoms with Gasteiger partial charge in [0.15, 0.2) is 0 Å². The number of aliphatic hydroxyl groups is 1. The van der Waals surface area contributed by atoms with Crippen molar-refractivity contribution >= 4 is 13.7 Å². The molecule has 0 spiro atoms. The molecule has 0 aromatic heterocycles. The van der Waals surface area contributed by atoms with E-state index in [-0.39, 0.29) is 19.1 Å². The van der Waals surface area contributed by atoms with E-state index in [9.17, 15) is 19.4 Å². The van der Waals surface area contributed by atoms with Crippen LogP contribution in [0.5, 0.6) is 0 Å². The lowest BCUT2D eigenvalue weighted by Gasteiger charge is -2.30. The first kappa shape index (κ1) is 64.5. The van der Waals surface area contributed by atoms with Crippen LogP contribution in [0.2, 0.25) is 0 Å². The molecule has 3 unspecified atom stereocenters. The Morgan fingerprint density at radius 3 is 1.05 bits per heavy atom. The van der Waals surface area contributed by atoms with Gasteiger partial charge in [-0.05, 0) is 12.8 Å². The highest BCUT2D eigenvalue weighted by Gasteiger charge is 2.24. The Morgan fingerprint density at radius 1 is 0.477 bits per heavy atom. The van der Waals surface area contributed by atoms with E-state index in [0.717, 1.165) is 38.5 Å². The third-order valence-electron chi connectivity index (χ3n) is 13.6. The first-order valence-electron chi connectivity index (χ1n) is 28.9. The van der Waals surface area contributed by atoms with E-state index in [1.165, 1.54) is 238 Å². The molecule has 3 atom stereocenters. The molecule has 9 heteroatoms. The zero-order valence-electron chi connectivity index (χ0n) is 44.5. The summed E-state index contributed by atoms with van der Waals surface area (Å²) in [5.41, 5.74) is 0. The highest BCUT2D eigenvalue weighted by atomic mass is 31.2.